The maximum absolute atomic E-state index is 11.7. The second-order valence-electron chi connectivity index (χ2n) is 4.93. The first kappa shape index (κ1) is 16.9. The highest BCUT2D eigenvalue weighted by molar-refractivity contribution is 9.09. The van der Waals surface area contributed by atoms with Gasteiger partial charge >= 0.3 is 0 Å². The van der Waals surface area contributed by atoms with Crippen molar-refractivity contribution in [2.75, 3.05) is 13.6 Å². The van der Waals surface area contributed by atoms with Crippen LogP contribution in [0.25, 0.3) is 0 Å². The molecular weight excluding hydrogens is 278 g/mol. The molecule has 102 valence electrons. The third-order valence-corrected chi connectivity index (χ3v) is 3.23. The van der Waals surface area contributed by atoms with Crippen molar-refractivity contribution in [3.8, 4) is 0 Å². The minimum absolute atomic E-state index is 0.282. The van der Waals surface area contributed by atoms with Gasteiger partial charge < -0.3 is 4.90 Å². The maximum atomic E-state index is 11.7. The van der Waals surface area contributed by atoms with Crippen LogP contribution in [0.3, 0.4) is 0 Å². The molecule has 1 atom stereocenters. The molecule has 0 bridgehead atoms. The van der Waals surface area contributed by atoms with Crippen LogP contribution in [0.5, 0.6) is 0 Å². The van der Waals surface area contributed by atoms with Crippen LogP contribution >= 0.6 is 15.9 Å². The Bertz CT molecular complexity index is 195. The van der Waals surface area contributed by atoms with Gasteiger partial charge in [0.05, 0.1) is 0 Å². The molecule has 0 fully saturated rings. The average Bonchev–Trinajstić information content (AvgIpc) is 2.26. The number of carbonyl (C=O) groups is 1. The lowest BCUT2D eigenvalue weighted by molar-refractivity contribution is -0.129. The van der Waals surface area contributed by atoms with Crippen LogP contribution in [0.4, 0.5) is 0 Å². The molecule has 1 amide bonds. The normalized spacial score (nSPS) is 12.5. The third-order valence-electron chi connectivity index (χ3n) is 2.95. The molecule has 0 aromatic heterocycles. The molecule has 0 radical (unpaired) electrons. The summed E-state index contributed by atoms with van der Waals surface area (Å²) < 4.78 is 0. The summed E-state index contributed by atoms with van der Waals surface area (Å²) in [6.45, 7) is 5.10. The van der Waals surface area contributed by atoms with Crippen LogP contribution in [0, 0.1) is 0 Å². The van der Waals surface area contributed by atoms with Gasteiger partial charge in [-0.25, -0.2) is 0 Å². The quantitative estimate of drug-likeness (QED) is 0.433. The molecule has 0 saturated carbocycles. The van der Waals surface area contributed by atoms with E-state index in [2.05, 4.69) is 29.8 Å². The molecule has 0 heterocycles. The van der Waals surface area contributed by atoms with Gasteiger partial charge in [0.2, 0.25) is 5.91 Å². The summed E-state index contributed by atoms with van der Waals surface area (Å²) >= 11 is 3.47. The van der Waals surface area contributed by atoms with E-state index in [4.69, 9.17) is 0 Å². The first-order valence-corrected chi connectivity index (χ1v) is 7.87. The summed E-state index contributed by atoms with van der Waals surface area (Å²) in [5.74, 6) is 0.282. The second kappa shape index (κ2) is 11.1. The fourth-order valence-electron chi connectivity index (χ4n) is 1.90. The largest absolute Gasteiger partial charge is 0.345 e. The van der Waals surface area contributed by atoms with Crippen molar-refractivity contribution >= 4 is 21.8 Å². The Hall–Kier alpha value is -0.0500. The van der Waals surface area contributed by atoms with E-state index in [-0.39, 0.29) is 5.91 Å². The molecule has 0 saturated heterocycles. The summed E-state index contributed by atoms with van der Waals surface area (Å²) in [7, 11) is 1.89. The molecule has 0 aromatic rings. The highest BCUT2D eigenvalue weighted by Gasteiger charge is 2.09. The lowest BCUT2D eigenvalue weighted by Gasteiger charge is -2.18. The monoisotopic (exact) mass is 305 g/mol. The van der Waals surface area contributed by atoms with Crippen molar-refractivity contribution in [2.45, 2.75) is 70.0 Å². The van der Waals surface area contributed by atoms with E-state index in [1.54, 1.807) is 0 Å². The van der Waals surface area contributed by atoms with Gasteiger partial charge in [-0.05, 0) is 6.42 Å². The Morgan fingerprint density at radius 1 is 1.12 bits per heavy atom. The highest BCUT2D eigenvalue weighted by atomic mass is 79.9. The molecule has 17 heavy (non-hydrogen) atoms. The Labute approximate surface area is 115 Å². The molecule has 3 heteroatoms. The summed E-state index contributed by atoms with van der Waals surface area (Å²) in [5.41, 5.74) is 0. The summed E-state index contributed by atoms with van der Waals surface area (Å²) in [4.78, 5) is 13.9. The van der Waals surface area contributed by atoms with Crippen LogP contribution in [-0.4, -0.2) is 29.2 Å². The van der Waals surface area contributed by atoms with Crippen molar-refractivity contribution in [1.82, 2.24) is 4.90 Å². The van der Waals surface area contributed by atoms with Crippen molar-refractivity contribution in [2.24, 2.45) is 0 Å². The minimum Gasteiger partial charge on any atom is -0.345 e. The molecule has 0 rings (SSSR count). The third kappa shape index (κ3) is 10.8. The molecule has 0 spiro atoms. The first-order chi connectivity index (χ1) is 8.07. The van der Waals surface area contributed by atoms with Crippen LogP contribution in [0.1, 0.15) is 65.2 Å². The van der Waals surface area contributed by atoms with Crippen LogP contribution in [0.15, 0.2) is 0 Å². The molecule has 1 unspecified atom stereocenters. The van der Waals surface area contributed by atoms with E-state index in [1.165, 1.54) is 38.5 Å². The molecule has 0 aromatic carbocycles. The highest BCUT2D eigenvalue weighted by Crippen LogP contribution is 2.09. The second-order valence-corrected chi connectivity index (χ2v) is 6.49. The first-order valence-electron chi connectivity index (χ1n) is 6.96. The number of alkyl halides is 1. The Morgan fingerprint density at radius 2 is 1.65 bits per heavy atom. The molecule has 2 nitrogen and oxygen atoms in total. The Balaban J connectivity index is 3.38. The van der Waals surface area contributed by atoms with Gasteiger partial charge in [-0.1, -0.05) is 68.3 Å². The number of unbranched alkanes of at least 4 members (excludes halogenated alkanes) is 6. The predicted molar refractivity (Wildman–Crippen MR) is 78.6 cm³/mol. The van der Waals surface area contributed by atoms with Gasteiger partial charge in [0.25, 0.3) is 0 Å². The number of halogens is 1. The van der Waals surface area contributed by atoms with Gasteiger partial charge in [-0.15, -0.1) is 0 Å². The number of rotatable bonds is 10. The van der Waals surface area contributed by atoms with Crippen molar-refractivity contribution in [1.29, 1.82) is 0 Å². The van der Waals surface area contributed by atoms with Crippen LogP contribution in [0.2, 0.25) is 0 Å². The van der Waals surface area contributed by atoms with Gasteiger partial charge in [0.1, 0.15) is 0 Å². The number of hydrogen-bond donors (Lipinski definition) is 0. The minimum atomic E-state index is 0.282. The van der Waals surface area contributed by atoms with Gasteiger partial charge in [-0.2, -0.15) is 0 Å². The topological polar surface area (TPSA) is 20.3 Å². The lowest BCUT2D eigenvalue weighted by atomic mass is 10.1. The summed E-state index contributed by atoms with van der Waals surface area (Å²) in [6, 6.07) is 0. The Morgan fingerprint density at radius 3 is 2.18 bits per heavy atom. The standard InChI is InChI=1S/C14H28BrNO/c1-4-5-6-7-8-9-10-11-14(17)16(3)12-13(2)15/h13H,4-12H2,1-3H3. The van der Waals surface area contributed by atoms with Crippen LogP contribution in [-0.2, 0) is 4.79 Å². The van der Waals surface area contributed by atoms with Crippen molar-refractivity contribution in [3.63, 3.8) is 0 Å². The van der Waals surface area contributed by atoms with E-state index in [0.717, 1.165) is 13.0 Å². The van der Waals surface area contributed by atoms with Crippen LogP contribution < -0.4 is 0 Å². The number of amides is 1. The summed E-state index contributed by atoms with van der Waals surface area (Å²) in [6.07, 6.45) is 9.58. The number of hydrogen-bond acceptors (Lipinski definition) is 1. The summed E-state index contributed by atoms with van der Waals surface area (Å²) in [5, 5.41) is 0. The van der Waals surface area contributed by atoms with E-state index in [1.807, 2.05) is 11.9 Å². The molecule has 0 aliphatic rings. The van der Waals surface area contributed by atoms with Crippen molar-refractivity contribution in [3.05, 3.63) is 0 Å². The predicted octanol–water partition coefficient (Wildman–Crippen LogP) is 4.37. The lowest BCUT2D eigenvalue weighted by Crippen LogP contribution is -2.30. The fourth-order valence-corrected chi connectivity index (χ4v) is 2.34. The molecular formula is C14H28BrNO. The van der Waals surface area contributed by atoms with Gasteiger partial charge in [0.15, 0.2) is 0 Å². The SMILES string of the molecule is CCCCCCCCCC(=O)N(C)CC(C)Br. The van der Waals surface area contributed by atoms with Gasteiger partial charge in [0, 0.05) is 24.8 Å². The fraction of sp³-hybridized carbons (Fsp3) is 0.929. The number of nitrogens with zero attached hydrogens (tertiary/aromatic N) is 1. The van der Waals surface area contributed by atoms with E-state index in [9.17, 15) is 4.79 Å². The van der Waals surface area contributed by atoms with E-state index < -0.39 is 0 Å². The number of carbonyl (C=O) groups excluding carboxylic acids is 1. The molecule has 0 aliphatic heterocycles. The smallest absolute Gasteiger partial charge is 0.222 e. The van der Waals surface area contributed by atoms with E-state index >= 15 is 0 Å². The zero-order chi connectivity index (χ0) is 13.1. The molecule has 0 N–H and O–H groups in total. The molecule has 0 aliphatic carbocycles. The zero-order valence-corrected chi connectivity index (χ0v) is 13.3. The maximum Gasteiger partial charge on any atom is 0.222 e. The van der Waals surface area contributed by atoms with Gasteiger partial charge in [-0.3, -0.25) is 4.79 Å². The van der Waals surface area contributed by atoms with Crippen molar-refractivity contribution < 1.29 is 4.79 Å². The Kier molecular flexibility index (Phi) is 11.0. The zero-order valence-electron chi connectivity index (χ0n) is 11.7. The average molecular weight is 306 g/mol. The van der Waals surface area contributed by atoms with E-state index in [0.29, 0.717) is 11.2 Å².